The van der Waals surface area contributed by atoms with E-state index in [1.807, 2.05) is 6.92 Å². The molecule has 2 aromatic rings. The van der Waals surface area contributed by atoms with Crippen LogP contribution in [0.2, 0.25) is 0 Å². The lowest BCUT2D eigenvalue weighted by molar-refractivity contribution is -1.02. The van der Waals surface area contributed by atoms with Crippen LogP contribution in [0.25, 0.3) is 0 Å². The molecule has 0 spiro atoms. The maximum atomic E-state index is 12.2. The second-order valence-corrected chi connectivity index (χ2v) is 7.76. The Kier molecular flexibility index (Phi) is 7.82. The van der Waals surface area contributed by atoms with Gasteiger partial charge in [-0.05, 0) is 26.0 Å². The van der Waals surface area contributed by atoms with Gasteiger partial charge in [-0.3, -0.25) is 4.79 Å². The smallest absolute Gasteiger partial charge is 0.295 e. The number of quaternary nitrogens is 2. The lowest BCUT2D eigenvalue weighted by atomic mass is 10.1. The molecule has 0 atom stereocenters. The van der Waals surface area contributed by atoms with E-state index >= 15 is 0 Å². The van der Waals surface area contributed by atoms with Crippen LogP contribution in [0.3, 0.4) is 0 Å². The number of amides is 1. The Balaban J connectivity index is 1.41. The number of aromatic hydroxyl groups is 1. The van der Waals surface area contributed by atoms with E-state index in [2.05, 4.69) is 41.7 Å². The summed E-state index contributed by atoms with van der Waals surface area (Å²) in [5.74, 6) is 0.308. The number of phenolic OH excluding ortho intramolecular Hbond substituents is 1. The zero-order valence-corrected chi connectivity index (χ0v) is 17.8. The van der Waals surface area contributed by atoms with Crippen molar-refractivity contribution in [2.75, 3.05) is 39.3 Å². The summed E-state index contributed by atoms with van der Waals surface area (Å²) in [7, 11) is 0. The molecule has 0 aromatic heterocycles. The van der Waals surface area contributed by atoms with Crippen molar-refractivity contribution in [3.8, 4) is 11.5 Å². The maximum absolute atomic E-state index is 12.2. The minimum absolute atomic E-state index is 0.0237. The topological polar surface area (TPSA) is 79.8 Å². The molecule has 1 fully saturated rings. The molecule has 0 aliphatic carbocycles. The van der Waals surface area contributed by atoms with Crippen molar-refractivity contribution in [2.24, 2.45) is 5.10 Å². The Bertz CT molecular complexity index is 859. The molecule has 0 saturated carbocycles. The molecule has 1 aliphatic rings. The standard InChI is InChI=1S/C23H30N4O3/c1-3-30-21-6-4-5-20(23(21)29)15-24-25-22(28)17-27-13-11-26(12-14-27)16-19-9-7-18(2)8-10-19/h4-10,15,29H,3,11-14,16-17H2,1-2H3,(H,25,28)/p+2/b24-15+. The van der Waals surface area contributed by atoms with E-state index in [0.29, 0.717) is 24.5 Å². The van der Waals surface area contributed by atoms with Crippen LogP contribution in [0.4, 0.5) is 0 Å². The van der Waals surface area contributed by atoms with Crippen LogP contribution in [0.5, 0.6) is 11.5 Å². The van der Waals surface area contributed by atoms with Crippen LogP contribution in [0, 0.1) is 6.92 Å². The Labute approximate surface area is 178 Å². The minimum atomic E-state index is -0.122. The molecule has 4 N–H and O–H groups in total. The van der Waals surface area contributed by atoms with Crippen molar-refractivity contribution < 1.29 is 24.4 Å². The fourth-order valence-corrected chi connectivity index (χ4v) is 3.66. The van der Waals surface area contributed by atoms with Crippen LogP contribution in [-0.4, -0.2) is 56.6 Å². The van der Waals surface area contributed by atoms with Gasteiger partial charge in [-0.1, -0.05) is 35.9 Å². The number of benzene rings is 2. The molecule has 30 heavy (non-hydrogen) atoms. The molecular weight excluding hydrogens is 380 g/mol. The van der Waals surface area contributed by atoms with Gasteiger partial charge in [-0.15, -0.1) is 0 Å². The molecule has 1 amide bonds. The van der Waals surface area contributed by atoms with E-state index in [1.165, 1.54) is 22.2 Å². The first-order chi connectivity index (χ1) is 14.5. The number of nitrogens with zero attached hydrogens (tertiary/aromatic N) is 1. The number of nitrogens with one attached hydrogen (secondary N) is 3. The van der Waals surface area contributed by atoms with Gasteiger partial charge >= 0.3 is 0 Å². The lowest BCUT2D eigenvalue weighted by Crippen LogP contribution is -3.28. The molecule has 160 valence electrons. The summed E-state index contributed by atoms with van der Waals surface area (Å²) in [4.78, 5) is 15.1. The summed E-state index contributed by atoms with van der Waals surface area (Å²) < 4.78 is 5.35. The molecule has 1 heterocycles. The average Bonchev–Trinajstić information content (AvgIpc) is 2.74. The molecule has 7 heteroatoms. The summed E-state index contributed by atoms with van der Waals surface area (Å²) in [5, 5.41) is 14.1. The van der Waals surface area contributed by atoms with E-state index in [9.17, 15) is 9.90 Å². The Morgan fingerprint density at radius 1 is 1.13 bits per heavy atom. The molecule has 3 rings (SSSR count). The summed E-state index contributed by atoms with van der Waals surface area (Å²) in [6.07, 6.45) is 1.44. The number of aryl methyl sites for hydroxylation is 1. The Morgan fingerprint density at radius 3 is 2.53 bits per heavy atom. The van der Waals surface area contributed by atoms with Crippen molar-refractivity contribution in [3.63, 3.8) is 0 Å². The van der Waals surface area contributed by atoms with E-state index in [4.69, 9.17) is 4.74 Å². The quantitative estimate of drug-likeness (QED) is 0.350. The molecule has 0 unspecified atom stereocenters. The average molecular weight is 413 g/mol. The Hall–Kier alpha value is -2.90. The Morgan fingerprint density at radius 2 is 1.83 bits per heavy atom. The van der Waals surface area contributed by atoms with Gasteiger partial charge in [-0.25, -0.2) is 5.43 Å². The summed E-state index contributed by atoms with van der Waals surface area (Å²) >= 11 is 0. The third-order valence-electron chi connectivity index (χ3n) is 5.37. The highest BCUT2D eigenvalue weighted by Crippen LogP contribution is 2.28. The normalized spacial score (nSPS) is 19.0. The van der Waals surface area contributed by atoms with Gasteiger partial charge in [0.2, 0.25) is 0 Å². The number of phenols is 1. The van der Waals surface area contributed by atoms with E-state index in [-0.39, 0.29) is 11.7 Å². The second kappa shape index (κ2) is 10.8. The van der Waals surface area contributed by atoms with Crippen molar-refractivity contribution in [2.45, 2.75) is 20.4 Å². The number of hydrazone groups is 1. The fourth-order valence-electron chi connectivity index (χ4n) is 3.66. The van der Waals surface area contributed by atoms with Gasteiger partial charge in [-0.2, -0.15) is 5.10 Å². The third kappa shape index (κ3) is 6.30. The van der Waals surface area contributed by atoms with Crippen LogP contribution >= 0.6 is 0 Å². The van der Waals surface area contributed by atoms with Gasteiger partial charge < -0.3 is 19.6 Å². The van der Waals surface area contributed by atoms with Gasteiger partial charge in [0.25, 0.3) is 5.91 Å². The van der Waals surface area contributed by atoms with Gasteiger partial charge in [0.1, 0.15) is 32.7 Å². The van der Waals surface area contributed by atoms with Gasteiger partial charge in [0.05, 0.1) is 12.8 Å². The molecule has 0 radical (unpaired) electrons. The number of hydrogen-bond acceptors (Lipinski definition) is 4. The van der Waals surface area contributed by atoms with E-state index in [1.54, 1.807) is 23.1 Å². The van der Waals surface area contributed by atoms with Crippen molar-refractivity contribution in [1.29, 1.82) is 0 Å². The van der Waals surface area contributed by atoms with Gasteiger partial charge in [0.15, 0.2) is 18.0 Å². The number of piperazine rings is 1. The minimum Gasteiger partial charge on any atom is -0.504 e. The third-order valence-corrected chi connectivity index (χ3v) is 5.37. The number of carbonyl (C=O) groups is 1. The van der Waals surface area contributed by atoms with E-state index in [0.717, 1.165) is 32.7 Å². The van der Waals surface area contributed by atoms with Crippen LogP contribution in [0.15, 0.2) is 47.6 Å². The monoisotopic (exact) mass is 412 g/mol. The van der Waals surface area contributed by atoms with Crippen LogP contribution < -0.4 is 20.0 Å². The van der Waals surface area contributed by atoms with Crippen LogP contribution in [0.1, 0.15) is 23.6 Å². The summed E-state index contributed by atoms with van der Waals surface area (Å²) in [5.41, 5.74) is 5.72. The van der Waals surface area contributed by atoms with Crippen molar-refractivity contribution in [3.05, 3.63) is 59.2 Å². The number of ether oxygens (including phenoxy) is 1. The highest BCUT2D eigenvalue weighted by atomic mass is 16.5. The van der Waals surface area contributed by atoms with Crippen molar-refractivity contribution >= 4 is 12.1 Å². The molecule has 2 aromatic carbocycles. The first-order valence-electron chi connectivity index (χ1n) is 10.5. The second-order valence-electron chi connectivity index (χ2n) is 7.76. The number of hydrogen-bond donors (Lipinski definition) is 4. The SMILES string of the molecule is CCOc1cccc(/C=N/NC(=O)C[NH+]2CC[NH+](Cc3ccc(C)cc3)CC2)c1O. The zero-order chi connectivity index (χ0) is 21.3. The molecular formula is C23H32N4O3+2. The van der Waals surface area contributed by atoms with Gasteiger partial charge in [0, 0.05) is 11.1 Å². The van der Waals surface area contributed by atoms with Crippen molar-refractivity contribution in [1.82, 2.24) is 5.43 Å². The number of para-hydroxylation sites is 1. The highest BCUT2D eigenvalue weighted by molar-refractivity contribution is 5.86. The molecule has 1 aliphatic heterocycles. The predicted molar refractivity (Wildman–Crippen MR) is 116 cm³/mol. The van der Waals surface area contributed by atoms with E-state index < -0.39 is 0 Å². The maximum Gasteiger partial charge on any atom is 0.295 e. The fraction of sp³-hybridized carbons (Fsp3) is 0.391. The predicted octanol–water partition coefficient (Wildman–Crippen LogP) is -0.467. The lowest BCUT2D eigenvalue weighted by Gasteiger charge is -2.29. The first kappa shape index (κ1) is 21.8. The molecule has 7 nitrogen and oxygen atoms in total. The highest BCUT2D eigenvalue weighted by Gasteiger charge is 2.24. The first-order valence-corrected chi connectivity index (χ1v) is 10.5. The number of rotatable bonds is 8. The molecule has 1 saturated heterocycles. The zero-order valence-electron chi connectivity index (χ0n) is 17.8. The summed E-state index contributed by atoms with van der Waals surface area (Å²) in [6, 6.07) is 13.9. The summed E-state index contributed by atoms with van der Waals surface area (Å²) in [6.45, 7) is 9.91. The number of carbonyl (C=O) groups excluding carboxylic acids is 1. The largest absolute Gasteiger partial charge is 0.504 e. The molecule has 0 bridgehead atoms. The van der Waals surface area contributed by atoms with Crippen LogP contribution in [-0.2, 0) is 11.3 Å².